The zero-order valence-corrected chi connectivity index (χ0v) is 13.9. The summed E-state index contributed by atoms with van der Waals surface area (Å²) in [5.41, 5.74) is 6.58. The number of hydrogen-bond donors (Lipinski definition) is 2. The standard InChI is InChI=1S/C14H20BrN3O.ClH/c1-17-12-3-2-8-18(9-12)13(14(16)19)10-4-6-11(15)7-5-10;/h4-7,12-13,17H,2-3,8-9H2,1H3,(H2,16,19);1H. The zero-order chi connectivity index (χ0) is 13.8. The molecule has 112 valence electrons. The molecule has 1 aromatic carbocycles. The number of amides is 1. The molecule has 3 N–H and O–H groups in total. The predicted octanol–water partition coefficient (Wildman–Crippen LogP) is 2.08. The summed E-state index contributed by atoms with van der Waals surface area (Å²) < 4.78 is 1.01. The quantitative estimate of drug-likeness (QED) is 0.862. The molecule has 1 aliphatic heterocycles. The van der Waals surface area contributed by atoms with Crippen molar-refractivity contribution in [2.24, 2.45) is 5.73 Å². The molecule has 1 saturated heterocycles. The highest BCUT2D eigenvalue weighted by molar-refractivity contribution is 9.10. The first-order valence-corrected chi connectivity index (χ1v) is 7.37. The summed E-state index contributed by atoms with van der Waals surface area (Å²) in [7, 11) is 1.97. The Morgan fingerprint density at radius 2 is 2.10 bits per heavy atom. The Labute approximate surface area is 134 Å². The van der Waals surface area contributed by atoms with Gasteiger partial charge in [0, 0.05) is 17.1 Å². The van der Waals surface area contributed by atoms with E-state index in [1.807, 2.05) is 31.3 Å². The molecule has 1 amide bonds. The van der Waals surface area contributed by atoms with Crippen molar-refractivity contribution in [2.45, 2.75) is 24.9 Å². The number of halogens is 2. The molecule has 1 fully saturated rings. The topological polar surface area (TPSA) is 58.4 Å². The van der Waals surface area contributed by atoms with Crippen LogP contribution in [0.25, 0.3) is 0 Å². The molecule has 2 atom stereocenters. The molecular weight excluding hydrogens is 342 g/mol. The molecule has 0 spiro atoms. The van der Waals surface area contributed by atoms with Gasteiger partial charge in [0.1, 0.15) is 6.04 Å². The fourth-order valence-corrected chi connectivity index (χ4v) is 2.94. The molecule has 1 aromatic rings. The van der Waals surface area contributed by atoms with Gasteiger partial charge < -0.3 is 11.1 Å². The highest BCUT2D eigenvalue weighted by Gasteiger charge is 2.29. The van der Waals surface area contributed by atoms with Crippen molar-refractivity contribution < 1.29 is 4.79 Å². The van der Waals surface area contributed by atoms with Crippen molar-refractivity contribution in [1.29, 1.82) is 0 Å². The van der Waals surface area contributed by atoms with Crippen LogP contribution >= 0.6 is 28.3 Å². The van der Waals surface area contributed by atoms with E-state index in [9.17, 15) is 4.79 Å². The van der Waals surface area contributed by atoms with Crippen LogP contribution in [0.5, 0.6) is 0 Å². The van der Waals surface area contributed by atoms with Gasteiger partial charge in [0.15, 0.2) is 0 Å². The Morgan fingerprint density at radius 1 is 1.45 bits per heavy atom. The largest absolute Gasteiger partial charge is 0.368 e. The molecule has 6 heteroatoms. The predicted molar refractivity (Wildman–Crippen MR) is 87.0 cm³/mol. The van der Waals surface area contributed by atoms with Crippen LogP contribution in [0.4, 0.5) is 0 Å². The summed E-state index contributed by atoms with van der Waals surface area (Å²) in [6, 6.07) is 7.93. The number of nitrogens with zero attached hydrogens (tertiary/aromatic N) is 1. The maximum Gasteiger partial charge on any atom is 0.239 e. The van der Waals surface area contributed by atoms with Gasteiger partial charge in [-0.05, 0) is 44.1 Å². The molecular formula is C14H21BrClN3O. The lowest BCUT2D eigenvalue weighted by Gasteiger charge is -2.37. The first-order chi connectivity index (χ1) is 9.11. The second-order valence-electron chi connectivity index (χ2n) is 4.98. The summed E-state index contributed by atoms with van der Waals surface area (Å²) >= 11 is 3.41. The van der Waals surface area contributed by atoms with E-state index in [0.29, 0.717) is 6.04 Å². The van der Waals surface area contributed by atoms with Gasteiger partial charge in [-0.2, -0.15) is 0 Å². The van der Waals surface area contributed by atoms with Gasteiger partial charge in [-0.3, -0.25) is 9.69 Å². The summed E-state index contributed by atoms with van der Waals surface area (Å²) in [4.78, 5) is 14.0. The monoisotopic (exact) mass is 361 g/mol. The van der Waals surface area contributed by atoms with Gasteiger partial charge in [-0.25, -0.2) is 0 Å². The highest BCUT2D eigenvalue weighted by Crippen LogP contribution is 2.25. The number of hydrogen-bond acceptors (Lipinski definition) is 3. The lowest BCUT2D eigenvalue weighted by Crippen LogP contribution is -2.48. The summed E-state index contributed by atoms with van der Waals surface area (Å²) in [5, 5.41) is 3.29. The number of nitrogens with two attached hydrogens (primary N) is 1. The van der Waals surface area contributed by atoms with Crippen molar-refractivity contribution in [3.8, 4) is 0 Å². The third kappa shape index (κ3) is 4.19. The van der Waals surface area contributed by atoms with Crippen LogP contribution in [-0.4, -0.2) is 37.0 Å². The number of rotatable bonds is 4. The molecule has 0 saturated carbocycles. The van der Waals surface area contributed by atoms with E-state index < -0.39 is 0 Å². The number of likely N-dealkylation sites (N-methyl/N-ethyl adjacent to an activating group) is 1. The van der Waals surface area contributed by atoms with E-state index in [1.165, 1.54) is 0 Å². The molecule has 2 rings (SSSR count). The first-order valence-electron chi connectivity index (χ1n) is 6.58. The average Bonchev–Trinajstić information content (AvgIpc) is 2.41. The molecule has 20 heavy (non-hydrogen) atoms. The van der Waals surface area contributed by atoms with Gasteiger partial charge in [0.05, 0.1) is 0 Å². The summed E-state index contributed by atoms with van der Waals surface area (Å²) in [5.74, 6) is -0.279. The first kappa shape index (κ1) is 17.4. The number of likely N-dealkylation sites (tertiary alicyclic amines) is 1. The number of nitrogens with one attached hydrogen (secondary N) is 1. The molecule has 1 aliphatic rings. The fourth-order valence-electron chi connectivity index (χ4n) is 2.68. The lowest BCUT2D eigenvalue weighted by molar-refractivity contribution is -0.124. The molecule has 0 aromatic heterocycles. The van der Waals surface area contributed by atoms with Gasteiger partial charge >= 0.3 is 0 Å². The van der Waals surface area contributed by atoms with Gasteiger partial charge in [-0.1, -0.05) is 28.1 Å². The number of carbonyl (C=O) groups excluding carboxylic acids is 1. The minimum atomic E-state index is -0.329. The third-order valence-corrected chi connectivity index (χ3v) is 4.21. The molecule has 0 aliphatic carbocycles. The minimum Gasteiger partial charge on any atom is -0.368 e. The zero-order valence-electron chi connectivity index (χ0n) is 11.5. The molecule has 2 unspecified atom stereocenters. The van der Waals surface area contributed by atoms with Crippen LogP contribution in [0.15, 0.2) is 28.7 Å². The molecule has 0 radical (unpaired) electrons. The summed E-state index contributed by atoms with van der Waals surface area (Å²) in [6.45, 7) is 1.78. The second-order valence-corrected chi connectivity index (χ2v) is 5.89. The van der Waals surface area contributed by atoms with Crippen LogP contribution < -0.4 is 11.1 Å². The van der Waals surface area contributed by atoms with E-state index >= 15 is 0 Å². The highest BCUT2D eigenvalue weighted by atomic mass is 79.9. The Balaban J connectivity index is 0.00000200. The Kier molecular flexibility index (Phi) is 6.95. The maximum atomic E-state index is 11.8. The number of piperidine rings is 1. The lowest BCUT2D eigenvalue weighted by atomic mass is 9.99. The summed E-state index contributed by atoms with van der Waals surface area (Å²) in [6.07, 6.45) is 2.24. The number of primary amides is 1. The van der Waals surface area contributed by atoms with Crippen molar-refractivity contribution in [2.75, 3.05) is 20.1 Å². The van der Waals surface area contributed by atoms with Crippen LogP contribution in [0.2, 0.25) is 0 Å². The van der Waals surface area contributed by atoms with E-state index in [2.05, 4.69) is 26.1 Å². The van der Waals surface area contributed by atoms with Crippen LogP contribution in [0.1, 0.15) is 24.4 Å². The normalized spacial score (nSPS) is 21.0. The third-order valence-electron chi connectivity index (χ3n) is 3.68. The SMILES string of the molecule is CNC1CCCN(C(C(N)=O)c2ccc(Br)cc2)C1.Cl. The second kappa shape index (κ2) is 7.98. The smallest absolute Gasteiger partial charge is 0.239 e. The molecule has 4 nitrogen and oxygen atoms in total. The van der Waals surface area contributed by atoms with Gasteiger partial charge in [0.25, 0.3) is 0 Å². The maximum absolute atomic E-state index is 11.8. The van der Waals surface area contributed by atoms with Gasteiger partial charge in [0.2, 0.25) is 5.91 Å². The van der Waals surface area contributed by atoms with Crippen molar-refractivity contribution in [3.63, 3.8) is 0 Å². The van der Waals surface area contributed by atoms with E-state index in [-0.39, 0.29) is 24.4 Å². The Morgan fingerprint density at radius 3 is 2.65 bits per heavy atom. The number of carbonyl (C=O) groups is 1. The van der Waals surface area contributed by atoms with Crippen LogP contribution in [-0.2, 0) is 4.79 Å². The van der Waals surface area contributed by atoms with E-state index in [0.717, 1.165) is 36.0 Å². The minimum absolute atomic E-state index is 0. The van der Waals surface area contributed by atoms with Crippen molar-refractivity contribution in [3.05, 3.63) is 34.3 Å². The van der Waals surface area contributed by atoms with E-state index in [4.69, 9.17) is 5.73 Å². The van der Waals surface area contributed by atoms with Crippen molar-refractivity contribution >= 4 is 34.2 Å². The van der Waals surface area contributed by atoms with E-state index in [1.54, 1.807) is 0 Å². The molecule has 0 bridgehead atoms. The Bertz CT molecular complexity index is 441. The van der Waals surface area contributed by atoms with Gasteiger partial charge in [-0.15, -0.1) is 12.4 Å². The number of benzene rings is 1. The van der Waals surface area contributed by atoms with Crippen molar-refractivity contribution in [1.82, 2.24) is 10.2 Å². The van der Waals surface area contributed by atoms with Crippen LogP contribution in [0.3, 0.4) is 0 Å². The Hall–Kier alpha value is -0.620. The average molecular weight is 363 g/mol. The molecule has 1 heterocycles. The fraction of sp³-hybridized carbons (Fsp3) is 0.500. The van der Waals surface area contributed by atoms with Crippen LogP contribution in [0, 0.1) is 0 Å².